The Morgan fingerprint density at radius 3 is 2.28 bits per heavy atom. The third kappa shape index (κ3) is 2.92. The van der Waals surface area contributed by atoms with Crippen LogP contribution >= 0.6 is 0 Å². The molecule has 5 heteroatoms. The Kier molecular flexibility index (Phi) is 5.81. The molecule has 4 saturated carbocycles. The van der Waals surface area contributed by atoms with Crippen LogP contribution in [0.5, 0.6) is 0 Å². The van der Waals surface area contributed by atoms with Crippen LogP contribution in [0.4, 0.5) is 0 Å². The molecule has 0 aromatic heterocycles. The van der Waals surface area contributed by atoms with Gasteiger partial charge in [0.1, 0.15) is 0 Å². The largest absolute Gasteiger partial charge is 0.512 e. The lowest BCUT2D eigenvalue weighted by atomic mass is 9.32. The molecule has 5 aliphatic carbocycles. The molecule has 36 heavy (non-hydrogen) atoms. The van der Waals surface area contributed by atoms with Gasteiger partial charge in [0, 0.05) is 16.7 Å². The lowest BCUT2D eigenvalue weighted by molar-refractivity contribution is -0.246. The maximum absolute atomic E-state index is 12.0. The van der Waals surface area contributed by atoms with E-state index < -0.39 is 28.6 Å². The molecule has 0 amide bonds. The van der Waals surface area contributed by atoms with Gasteiger partial charge in [-0.25, -0.2) is 0 Å². The summed E-state index contributed by atoms with van der Waals surface area (Å²) in [6.45, 7) is 17.1. The summed E-state index contributed by atoms with van der Waals surface area (Å²) in [6.07, 6.45) is 7.42. The fraction of sp³-hybridized carbons (Fsp3) is 0.871. The van der Waals surface area contributed by atoms with Crippen molar-refractivity contribution in [2.45, 2.75) is 111 Å². The SMILES string of the molecule is C=C(O)C12CCC(C)C(C)(O)C1C1=CCC3C4(C)CC(O)C(O)C(C)(CO)C4CCC3(C)C1(C)CC2. The summed E-state index contributed by atoms with van der Waals surface area (Å²) in [5, 5.41) is 55.4. The number of fused-ring (bicyclic) bond motifs is 7. The topological polar surface area (TPSA) is 101 Å². The third-order valence-corrected chi connectivity index (χ3v) is 13.7. The number of hydrogen-bond donors (Lipinski definition) is 5. The quantitative estimate of drug-likeness (QED) is 0.266. The van der Waals surface area contributed by atoms with Crippen molar-refractivity contribution in [2.75, 3.05) is 6.61 Å². The molecule has 204 valence electrons. The van der Waals surface area contributed by atoms with E-state index in [0.29, 0.717) is 12.3 Å². The average molecular weight is 503 g/mol. The second-order valence-corrected chi connectivity index (χ2v) is 14.9. The number of aliphatic hydroxyl groups is 5. The zero-order valence-corrected chi connectivity index (χ0v) is 23.3. The van der Waals surface area contributed by atoms with Crippen molar-refractivity contribution in [2.24, 2.45) is 50.7 Å². The first-order valence-electron chi connectivity index (χ1n) is 14.3. The number of aliphatic hydroxyl groups excluding tert-OH is 4. The van der Waals surface area contributed by atoms with Crippen LogP contribution < -0.4 is 0 Å². The van der Waals surface area contributed by atoms with Crippen molar-refractivity contribution in [3.05, 3.63) is 24.0 Å². The zero-order chi connectivity index (χ0) is 26.7. The maximum Gasteiger partial charge on any atom is 0.0919 e. The highest BCUT2D eigenvalue weighted by atomic mass is 16.3. The molecule has 4 fully saturated rings. The second-order valence-electron chi connectivity index (χ2n) is 14.9. The maximum atomic E-state index is 12.0. The van der Waals surface area contributed by atoms with Crippen LogP contribution in [0.2, 0.25) is 0 Å². The molecule has 0 spiro atoms. The fourth-order valence-electron chi connectivity index (χ4n) is 11.1. The van der Waals surface area contributed by atoms with Crippen LogP contribution in [0.1, 0.15) is 92.9 Å². The summed E-state index contributed by atoms with van der Waals surface area (Å²) in [6, 6.07) is 0. The van der Waals surface area contributed by atoms with Gasteiger partial charge in [-0.2, -0.15) is 0 Å². The summed E-state index contributed by atoms with van der Waals surface area (Å²) in [5.41, 5.74) is -1.24. The van der Waals surface area contributed by atoms with Crippen LogP contribution in [0, 0.1) is 50.7 Å². The first kappa shape index (κ1) is 26.7. The lowest BCUT2D eigenvalue weighted by Crippen LogP contribution is -2.69. The van der Waals surface area contributed by atoms with E-state index in [1.165, 1.54) is 5.57 Å². The Bertz CT molecular complexity index is 972. The number of allylic oxidation sites excluding steroid dienone is 2. The minimum atomic E-state index is -0.928. The van der Waals surface area contributed by atoms with Gasteiger partial charge >= 0.3 is 0 Å². The fourth-order valence-corrected chi connectivity index (χ4v) is 11.1. The minimum Gasteiger partial charge on any atom is -0.512 e. The number of hydrogen-bond acceptors (Lipinski definition) is 5. The molecule has 0 bridgehead atoms. The average Bonchev–Trinajstić information content (AvgIpc) is 2.80. The van der Waals surface area contributed by atoms with Crippen molar-refractivity contribution in [1.29, 1.82) is 0 Å². The number of rotatable bonds is 2. The molecule has 0 aromatic carbocycles. The second kappa shape index (κ2) is 7.83. The van der Waals surface area contributed by atoms with Crippen LogP contribution in [-0.4, -0.2) is 49.9 Å². The molecule has 0 aromatic rings. The van der Waals surface area contributed by atoms with Gasteiger partial charge < -0.3 is 25.5 Å². The van der Waals surface area contributed by atoms with Crippen LogP contribution in [0.3, 0.4) is 0 Å². The van der Waals surface area contributed by atoms with E-state index in [4.69, 9.17) is 0 Å². The highest BCUT2D eigenvalue weighted by Crippen LogP contribution is 2.76. The van der Waals surface area contributed by atoms with Crippen molar-refractivity contribution in [1.82, 2.24) is 0 Å². The van der Waals surface area contributed by atoms with E-state index in [1.807, 2.05) is 13.8 Å². The Balaban J connectivity index is 1.65. The van der Waals surface area contributed by atoms with Gasteiger partial charge in [-0.05, 0) is 92.3 Å². The zero-order valence-electron chi connectivity index (χ0n) is 23.3. The van der Waals surface area contributed by atoms with E-state index in [9.17, 15) is 25.5 Å². The summed E-state index contributed by atoms with van der Waals surface area (Å²) >= 11 is 0. The molecule has 5 nitrogen and oxygen atoms in total. The Hall–Kier alpha value is -0.880. The highest BCUT2D eigenvalue weighted by molar-refractivity contribution is 5.38. The van der Waals surface area contributed by atoms with Gasteiger partial charge in [0.2, 0.25) is 0 Å². The van der Waals surface area contributed by atoms with Gasteiger partial charge in [-0.3, -0.25) is 0 Å². The van der Waals surface area contributed by atoms with Gasteiger partial charge in [0.25, 0.3) is 0 Å². The van der Waals surface area contributed by atoms with Gasteiger partial charge in [0.05, 0.1) is 30.2 Å². The van der Waals surface area contributed by atoms with Crippen molar-refractivity contribution in [3.8, 4) is 0 Å². The lowest BCUT2D eigenvalue weighted by Gasteiger charge is -2.72. The molecule has 5 N–H and O–H groups in total. The summed E-state index contributed by atoms with van der Waals surface area (Å²) < 4.78 is 0. The first-order chi connectivity index (χ1) is 16.6. The van der Waals surface area contributed by atoms with Gasteiger partial charge in [0.15, 0.2) is 0 Å². The molecular formula is C31H50O5. The van der Waals surface area contributed by atoms with E-state index in [1.54, 1.807) is 0 Å². The van der Waals surface area contributed by atoms with Gasteiger partial charge in [-0.15, -0.1) is 0 Å². The summed E-state index contributed by atoms with van der Waals surface area (Å²) in [4.78, 5) is 0. The van der Waals surface area contributed by atoms with E-state index in [-0.39, 0.29) is 46.4 Å². The Labute approximate surface area is 217 Å². The molecular weight excluding hydrogens is 452 g/mol. The normalized spacial score (nSPS) is 58.6. The molecule has 5 rings (SSSR count). The van der Waals surface area contributed by atoms with Crippen LogP contribution in [0.25, 0.3) is 0 Å². The predicted octanol–water partition coefficient (Wildman–Crippen LogP) is 5.13. The summed E-state index contributed by atoms with van der Waals surface area (Å²) in [5.74, 6) is 0.629. The standard InChI is InChI=1S/C31H50O5/c1-18-10-13-31(19(2)33)15-14-28(5)20(24(31)30(18,7)36)8-9-23-26(3)16-21(34)25(35)27(4,17-32)22(26)11-12-29(23,28)6/h8,18,21-25,32-36H,2,9-17H2,1,3-7H3. The van der Waals surface area contributed by atoms with E-state index in [2.05, 4.69) is 40.3 Å². The highest BCUT2D eigenvalue weighted by Gasteiger charge is 2.71. The van der Waals surface area contributed by atoms with Crippen molar-refractivity contribution >= 4 is 0 Å². The Morgan fingerprint density at radius 1 is 1.00 bits per heavy atom. The molecule has 0 radical (unpaired) electrons. The first-order valence-corrected chi connectivity index (χ1v) is 14.3. The summed E-state index contributed by atoms with van der Waals surface area (Å²) in [7, 11) is 0. The van der Waals surface area contributed by atoms with Crippen LogP contribution in [0.15, 0.2) is 24.0 Å². The minimum absolute atomic E-state index is 0.0551. The molecule has 0 saturated heterocycles. The predicted molar refractivity (Wildman–Crippen MR) is 141 cm³/mol. The van der Waals surface area contributed by atoms with Crippen LogP contribution in [-0.2, 0) is 0 Å². The van der Waals surface area contributed by atoms with Crippen molar-refractivity contribution < 1.29 is 25.5 Å². The molecule has 12 atom stereocenters. The van der Waals surface area contributed by atoms with Gasteiger partial charge in [-0.1, -0.05) is 52.8 Å². The monoisotopic (exact) mass is 502 g/mol. The van der Waals surface area contributed by atoms with E-state index in [0.717, 1.165) is 44.9 Å². The third-order valence-electron chi connectivity index (χ3n) is 13.7. The molecule has 5 aliphatic rings. The smallest absolute Gasteiger partial charge is 0.0919 e. The van der Waals surface area contributed by atoms with E-state index >= 15 is 0 Å². The molecule has 0 aliphatic heterocycles. The molecule has 0 heterocycles. The molecule has 12 unspecified atom stereocenters. The Morgan fingerprint density at radius 2 is 1.67 bits per heavy atom. The van der Waals surface area contributed by atoms with Crippen molar-refractivity contribution in [3.63, 3.8) is 0 Å².